The molecule has 0 aromatic carbocycles. The van der Waals surface area contributed by atoms with Gasteiger partial charge in [0.05, 0.1) is 6.10 Å². The molecule has 0 saturated carbocycles. The quantitative estimate of drug-likeness (QED) is 0.441. The number of carbonyl (C=O) groups is 2. The number of allylic oxidation sites excluding steroid dienone is 6. The van der Waals surface area contributed by atoms with Crippen LogP contribution in [0, 0.1) is 0 Å². The van der Waals surface area contributed by atoms with Gasteiger partial charge < -0.3 is 10.2 Å². The maximum Gasteiger partial charge on any atom is 0.303 e. The van der Waals surface area contributed by atoms with Crippen LogP contribution >= 0.6 is 0 Å². The lowest BCUT2D eigenvalue weighted by Gasteiger charge is -2.02. The average Bonchev–Trinajstić information content (AvgIpc) is 2.89. The summed E-state index contributed by atoms with van der Waals surface area (Å²) < 4.78 is 0. The second-order valence-electron chi connectivity index (χ2n) is 5.93. The van der Waals surface area contributed by atoms with Gasteiger partial charge in [-0.3, -0.25) is 9.59 Å². The predicted octanol–water partition coefficient (Wildman–Crippen LogP) is 4.12. The van der Waals surface area contributed by atoms with Gasteiger partial charge in [0, 0.05) is 18.4 Å². The van der Waals surface area contributed by atoms with Crippen molar-refractivity contribution in [3.63, 3.8) is 0 Å². The van der Waals surface area contributed by atoms with Gasteiger partial charge in [0.15, 0.2) is 5.78 Å². The number of unbranched alkanes of at least 4 members (excludes halogenated alkanes) is 1. The summed E-state index contributed by atoms with van der Waals surface area (Å²) in [5, 5.41) is 18.5. The van der Waals surface area contributed by atoms with Crippen molar-refractivity contribution < 1.29 is 19.8 Å². The van der Waals surface area contributed by atoms with Crippen LogP contribution < -0.4 is 0 Å². The smallest absolute Gasteiger partial charge is 0.303 e. The molecular formula is C20H28O4. The van der Waals surface area contributed by atoms with Gasteiger partial charge in [-0.15, -0.1) is 0 Å². The zero-order valence-electron chi connectivity index (χ0n) is 14.4. The minimum Gasteiger partial charge on any atom is -0.481 e. The molecule has 0 unspecified atom stereocenters. The highest BCUT2D eigenvalue weighted by Gasteiger charge is 2.20. The molecule has 0 aromatic heterocycles. The van der Waals surface area contributed by atoms with Crippen molar-refractivity contribution in [1.82, 2.24) is 0 Å². The lowest BCUT2D eigenvalue weighted by atomic mass is 10.1. The lowest BCUT2D eigenvalue weighted by molar-refractivity contribution is -0.137. The van der Waals surface area contributed by atoms with Crippen molar-refractivity contribution in [2.24, 2.45) is 0 Å². The summed E-state index contributed by atoms with van der Waals surface area (Å²) in [6.07, 6.45) is 15.9. The van der Waals surface area contributed by atoms with Gasteiger partial charge in [-0.05, 0) is 44.1 Å². The lowest BCUT2D eigenvalue weighted by Crippen LogP contribution is -2.00. The summed E-state index contributed by atoms with van der Waals surface area (Å²) in [6.45, 7) is 2.05. The summed E-state index contributed by atoms with van der Waals surface area (Å²) in [4.78, 5) is 22.4. The van der Waals surface area contributed by atoms with Crippen LogP contribution in [0.2, 0.25) is 0 Å². The first kappa shape index (κ1) is 20.1. The van der Waals surface area contributed by atoms with Crippen LogP contribution in [0.1, 0.15) is 58.3 Å². The Labute approximate surface area is 144 Å². The second-order valence-corrected chi connectivity index (χ2v) is 5.93. The predicted molar refractivity (Wildman–Crippen MR) is 95.7 cm³/mol. The van der Waals surface area contributed by atoms with E-state index in [0.29, 0.717) is 32.1 Å². The highest BCUT2D eigenvalue weighted by Crippen LogP contribution is 2.27. The summed E-state index contributed by atoms with van der Waals surface area (Å²) in [5.41, 5.74) is 1.82. The molecule has 0 aliphatic heterocycles. The molecule has 0 spiro atoms. The number of carboxylic acid groups (broad SMARTS) is 1. The van der Waals surface area contributed by atoms with E-state index in [1.807, 2.05) is 30.4 Å². The number of carbonyl (C=O) groups excluding carboxylic acids is 1. The van der Waals surface area contributed by atoms with Crippen molar-refractivity contribution >= 4 is 11.8 Å². The van der Waals surface area contributed by atoms with Crippen molar-refractivity contribution in [3.05, 3.63) is 47.6 Å². The van der Waals surface area contributed by atoms with Crippen LogP contribution in [0.5, 0.6) is 0 Å². The number of hydrogen-bond donors (Lipinski definition) is 2. The molecule has 2 N–H and O–H groups in total. The standard InChI is InChI=1S/C20H28O4/c1-2-3-6-9-17(21)14-12-16-13-15-19(22)18(16)10-7-4-5-8-11-20(23)24/h3-4,6-7,12,14,17,21H,2,5,8-11,13,15H2,1H3,(H,23,24)/b6-3+,7-4+,14-12+/t17-/m0/s1. The summed E-state index contributed by atoms with van der Waals surface area (Å²) in [5.74, 6) is -0.609. The van der Waals surface area contributed by atoms with E-state index in [9.17, 15) is 14.7 Å². The third kappa shape index (κ3) is 8.06. The van der Waals surface area contributed by atoms with Gasteiger partial charge in [0.2, 0.25) is 0 Å². The number of Topliss-reactive ketones (excluding diaryl/α,β-unsaturated/α-hetero) is 1. The normalized spacial score (nSPS) is 17.0. The highest BCUT2D eigenvalue weighted by molar-refractivity contribution is 5.99. The van der Waals surface area contributed by atoms with Crippen LogP contribution in [0.3, 0.4) is 0 Å². The molecule has 0 amide bonds. The summed E-state index contributed by atoms with van der Waals surface area (Å²) in [7, 11) is 0. The van der Waals surface area contributed by atoms with Crippen LogP contribution in [0.4, 0.5) is 0 Å². The third-order valence-electron chi connectivity index (χ3n) is 3.90. The molecule has 0 radical (unpaired) electrons. The molecule has 24 heavy (non-hydrogen) atoms. The molecule has 1 aliphatic carbocycles. The van der Waals surface area contributed by atoms with E-state index in [4.69, 9.17) is 5.11 Å². The molecule has 4 nitrogen and oxygen atoms in total. The monoisotopic (exact) mass is 332 g/mol. The van der Waals surface area contributed by atoms with Gasteiger partial charge in [-0.25, -0.2) is 0 Å². The van der Waals surface area contributed by atoms with Gasteiger partial charge in [0.25, 0.3) is 0 Å². The van der Waals surface area contributed by atoms with E-state index >= 15 is 0 Å². The van der Waals surface area contributed by atoms with Crippen molar-refractivity contribution in [1.29, 1.82) is 0 Å². The molecule has 0 fully saturated rings. The Hall–Kier alpha value is -1.94. The number of ketones is 1. The molecule has 0 heterocycles. The van der Waals surface area contributed by atoms with E-state index in [2.05, 4.69) is 6.92 Å². The van der Waals surface area contributed by atoms with Gasteiger partial charge in [-0.1, -0.05) is 43.4 Å². The minimum atomic E-state index is -0.781. The number of carboxylic acids is 1. The Morgan fingerprint density at radius 1 is 1.21 bits per heavy atom. The number of aliphatic hydroxyl groups is 1. The number of aliphatic carboxylic acids is 1. The average molecular weight is 332 g/mol. The first-order valence-electron chi connectivity index (χ1n) is 8.67. The largest absolute Gasteiger partial charge is 0.481 e. The molecule has 132 valence electrons. The highest BCUT2D eigenvalue weighted by atomic mass is 16.4. The van der Waals surface area contributed by atoms with Crippen LogP contribution in [-0.4, -0.2) is 28.1 Å². The SMILES string of the molecule is CC/C=C/C[C@H](O)/C=C/C1=C(C/C=C/CCCC(=O)O)C(=O)CC1. The van der Waals surface area contributed by atoms with Gasteiger partial charge in [-0.2, -0.15) is 0 Å². The summed E-state index contributed by atoms with van der Waals surface area (Å²) in [6, 6.07) is 0. The molecular weight excluding hydrogens is 304 g/mol. The van der Waals surface area contributed by atoms with Crippen molar-refractivity contribution in [2.75, 3.05) is 0 Å². The molecule has 0 bridgehead atoms. The van der Waals surface area contributed by atoms with Crippen LogP contribution in [0.15, 0.2) is 47.6 Å². The topological polar surface area (TPSA) is 74.6 Å². The number of hydrogen-bond acceptors (Lipinski definition) is 3. The van der Waals surface area contributed by atoms with Gasteiger partial charge in [0.1, 0.15) is 0 Å². The number of aliphatic hydroxyl groups excluding tert-OH is 1. The summed E-state index contributed by atoms with van der Waals surface area (Å²) >= 11 is 0. The van der Waals surface area contributed by atoms with E-state index in [0.717, 1.165) is 24.0 Å². The Balaban J connectivity index is 2.53. The van der Waals surface area contributed by atoms with Crippen LogP contribution in [0.25, 0.3) is 0 Å². The molecule has 1 rings (SSSR count). The van der Waals surface area contributed by atoms with E-state index < -0.39 is 12.1 Å². The molecule has 0 saturated heterocycles. The Bertz CT molecular complexity index is 538. The maximum atomic E-state index is 12.0. The maximum absolute atomic E-state index is 12.0. The second kappa shape index (κ2) is 11.6. The molecule has 1 atom stereocenters. The zero-order valence-corrected chi connectivity index (χ0v) is 14.4. The fourth-order valence-electron chi connectivity index (χ4n) is 2.56. The number of rotatable bonds is 11. The molecule has 4 heteroatoms. The van der Waals surface area contributed by atoms with Crippen molar-refractivity contribution in [3.8, 4) is 0 Å². The first-order valence-corrected chi connectivity index (χ1v) is 8.67. The molecule has 1 aliphatic rings. The Morgan fingerprint density at radius 3 is 2.71 bits per heavy atom. The molecule has 0 aromatic rings. The first-order chi connectivity index (χ1) is 11.5. The van der Waals surface area contributed by atoms with E-state index in [1.54, 1.807) is 6.08 Å². The zero-order chi connectivity index (χ0) is 17.8. The van der Waals surface area contributed by atoms with E-state index in [-0.39, 0.29) is 12.2 Å². The Kier molecular flexibility index (Phi) is 9.70. The fraction of sp³-hybridized carbons (Fsp3) is 0.500. The van der Waals surface area contributed by atoms with E-state index in [1.165, 1.54) is 0 Å². The third-order valence-corrected chi connectivity index (χ3v) is 3.90. The fourth-order valence-corrected chi connectivity index (χ4v) is 2.56. The van der Waals surface area contributed by atoms with Crippen molar-refractivity contribution in [2.45, 2.75) is 64.4 Å². The van der Waals surface area contributed by atoms with Gasteiger partial charge >= 0.3 is 5.97 Å². The van der Waals surface area contributed by atoms with Crippen LogP contribution in [-0.2, 0) is 9.59 Å². The minimum absolute atomic E-state index is 0.171. The Morgan fingerprint density at radius 2 is 2.00 bits per heavy atom.